The number of halogens is 2. The van der Waals surface area contributed by atoms with E-state index in [1.807, 2.05) is 55.4 Å². The Morgan fingerprint density at radius 1 is 1.17 bits per heavy atom. The zero-order valence-electron chi connectivity index (χ0n) is 13.1. The number of benzene rings is 2. The zero-order valence-corrected chi connectivity index (χ0v) is 16.0. The Morgan fingerprint density at radius 2 is 1.88 bits per heavy atom. The van der Waals surface area contributed by atoms with Crippen LogP contribution < -0.4 is 4.90 Å². The van der Waals surface area contributed by atoms with Gasteiger partial charge in [0.2, 0.25) is 5.90 Å². The SMILES string of the molecule is CN(C)c1ccc(/C=C2\N=C(c3cc(I)ccc3Cl)OC2=O)cc1. The Kier molecular flexibility index (Phi) is 4.91. The molecule has 0 unspecified atom stereocenters. The monoisotopic (exact) mass is 452 g/mol. The number of nitrogens with zero attached hydrogens (tertiary/aromatic N) is 2. The molecule has 4 nitrogen and oxygen atoms in total. The molecular formula is C18H14ClIN2O2. The molecule has 2 aromatic rings. The van der Waals surface area contributed by atoms with Gasteiger partial charge in [-0.1, -0.05) is 23.7 Å². The Labute approximate surface area is 158 Å². The number of hydrogen-bond donors (Lipinski definition) is 0. The highest BCUT2D eigenvalue weighted by atomic mass is 127. The van der Waals surface area contributed by atoms with E-state index in [2.05, 4.69) is 27.6 Å². The molecule has 0 fully saturated rings. The maximum atomic E-state index is 12.1. The van der Waals surface area contributed by atoms with Crippen LogP contribution in [0.5, 0.6) is 0 Å². The molecule has 6 heteroatoms. The van der Waals surface area contributed by atoms with Gasteiger partial charge in [0.15, 0.2) is 5.70 Å². The Bertz CT molecular complexity index is 858. The summed E-state index contributed by atoms with van der Waals surface area (Å²) in [6.07, 6.45) is 1.70. The number of hydrogen-bond acceptors (Lipinski definition) is 4. The smallest absolute Gasteiger partial charge is 0.363 e. The highest BCUT2D eigenvalue weighted by molar-refractivity contribution is 14.1. The molecule has 24 heavy (non-hydrogen) atoms. The van der Waals surface area contributed by atoms with E-state index >= 15 is 0 Å². The summed E-state index contributed by atoms with van der Waals surface area (Å²) in [6, 6.07) is 13.3. The first-order chi connectivity index (χ1) is 11.4. The van der Waals surface area contributed by atoms with Gasteiger partial charge in [-0.15, -0.1) is 0 Å². The van der Waals surface area contributed by atoms with Gasteiger partial charge >= 0.3 is 5.97 Å². The van der Waals surface area contributed by atoms with Crippen molar-refractivity contribution >= 4 is 57.8 Å². The standard InChI is InChI=1S/C18H14ClIN2O2/c1-22(2)13-6-3-11(4-7-13)9-16-18(23)24-17(21-16)14-10-12(20)5-8-15(14)19/h3-10H,1-2H3/b16-9-. The van der Waals surface area contributed by atoms with Crippen LogP contribution in [-0.2, 0) is 9.53 Å². The number of rotatable bonds is 3. The van der Waals surface area contributed by atoms with Crippen LogP contribution in [0.25, 0.3) is 6.08 Å². The normalized spacial score (nSPS) is 15.4. The van der Waals surface area contributed by atoms with Gasteiger partial charge in [0.1, 0.15) is 0 Å². The third-order valence-corrected chi connectivity index (χ3v) is 4.49. The van der Waals surface area contributed by atoms with Crippen molar-refractivity contribution in [2.45, 2.75) is 0 Å². The lowest BCUT2D eigenvalue weighted by molar-refractivity contribution is -0.129. The van der Waals surface area contributed by atoms with Crippen molar-refractivity contribution in [2.75, 3.05) is 19.0 Å². The van der Waals surface area contributed by atoms with E-state index in [4.69, 9.17) is 16.3 Å². The molecule has 0 aromatic heterocycles. The molecule has 0 saturated heterocycles. The zero-order chi connectivity index (χ0) is 17.3. The number of cyclic esters (lactones) is 1. The summed E-state index contributed by atoms with van der Waals surface area (Å²) in [5, 5.41) is 0.499. The maximum Gasteiger partial charge on any atom is 0.363 e. The predicted molar refractivity (Wildman–Crippen MR) is 106 cm³/mol. The number of ether oxygens (including phenoxy) is 1. The summed E-state index contributed by atoms with van der Waals surface area (Å²) < 4.78 is 6.27. The quantitative estimate of drug-likeness (QED) is 0.395. The molecule has 122 valence electrons. The number of esters is 1. The van der Waals surface area contributed by atoms with Crippen molar-refractivity contribution in [3.8, 4) is 0 Å². The van der Waals surface area contributed by atoms with Crippen molar-refractivity contribution in [3.05, 3.63) is 67.9 Å². The second-order valence-corrected chi connectivity index (χ2v) is 7.10. The minimum absolute atomic E-state index is 0.236. The highest BCUT2D eigenvalue weighted by Crippen LogP contribution is 2.25. The lowest BCUT2D eigenvalue weighted by Crippen LogP contribution is -2.08. The first kappa shape index (κ1) is 17.0. The third kappa shape index (κ3) is 3.62. The van der Waals surface area contributed by atoms with E-state index in [0.29, 0.717) is 10.6 Å². The molecule has 1 aliphatic heterocycles. The van der Waals surface area contributed by atoms with Gasteiger partial charge in [-0.05, 0) is 64.6 Å². The Hall–Kier alpha value is -1.86. The summed E-state index contributed by atoms with van der Waals surface area (Å²) in [6.45, 7) is 0. The number of carbonyl (C=O) groups excluding carboxylic acids is 1. The molecule has 0 spiro atoms. The van der Waals surface area contributed by atoms with Gasteiger partial charge in [0, 0.05) is 23.4 Å². The molecular weight excluding hydrogens is 439 g/mol. The van der Waals surface area contributed by atoms with E-state index in [-0.39, 0.29) is 11.6 Å². The summed E-state index contributed by atoms with van der Waals surface area (Å²) in [7, 11) is 3.95. The first-order valence-corrected chi connectivity index (χ1v) is 8.65. The summed E-state index contributed by atoms with van der Waals surface area (Å²) in [4.78, 5) is 18.4. The second kappa shape index (κ2) is 6.94. The van der Waals surface area contributed by atoms with Crippen LogP contribution in [0.4, 0.5) is 5.69 Å². The fourth-order valence-corrected chi connectivity index (χ4v) is 2.90. The molecule has 0 aliphatic carbocycles. The van der Waals surface area contributed by atoms with E-state index in [1.54, 1.807) is 12.1 Å². The Morgan fingerprint density at radius 3 is 2.54 bits per heavy atom. The van der Waals surface area contributed by atoms with E-state index in [9.17, 15) is 4.79 Å². The number of carbonyl (C=O) groups is 1. The summed E-state index contributed by atoms with van der Waals surface area (Å²) in [5.74, 6) is -0.240. The molecule has 2 aromatic carbocycles. The van der Waals surface area contributed by atoms with Crippen LogP contribution >= 0.6 is 34.2 Å². The highest BCUT2D eigenvalue weighted by Gasteiger charge is 2.25. The number of aliphatic imine (C=N–C) groups is 1. The number of anilines is 1. The maximum absolute atomic E-state index is 12.1. The van der Waals surface area contributed by atoms with Crippen LogP contribution in [0.3, 0.4) is 0 Å². The second-order valence-electron chi connectivity index (χ2n) is 5.45. The molecule has 0 radical (unpaired) electrons. The first-order valence-electron chi connectivity index (χ1n) is 7.19. The lowest BCUT2D eigenvalue weighted by atomic mass is 10.1. The van der Waals surface area contributed by atoms with Gasteiger partial charge in [-0.2, -0.15) is 0 Å². The Balaban J connectivity index is 1.92. The minimum atomic E-state index is -0.475. The van der Waals surface area contributed by atoms with Crippen molar-refractivity contribution < 1.29 is 9.53 Å². The van der Waals surface area contributed by atoms with E-state index in [0.717, 1.165) is 14.8 Å². The van der Waals surface area contributed by atoms with Crippen LogP contribution in [0, 0.1) is 3.57 Å². The fraction of sp³-hybridized carbons (Fsp3) is 0.111. The van der Waals surface area contributed by atoms with Gasteiger partial charge in [0.05, 0.1) is 10.6 Å². The van der Waals surface area contributed by atoms with Crippen molar-refractivity contribution in [3.63, 3.8) is 0 Å². The van der Waals surface area contributed by atoms with Crippen LogP contribution in [0.1, 0.15) is 11.1 Å². The molecule has 1 heterocycles. The summed E-state index contributed by atoms with van der Waals surface area (Å²) in [5.41, 5.74) is 2.84. The van der Waals surface area contributed by atoms with Crippen LogP contribution in [0.2, 0.25) is 5.02 Å². The van der Waals surface area contributed by atoms with Gasteiger partial charge < -0.3 is 9.64 Å². The predicted octanol–water partition coefficient (Wildman–Crippen LogP) is 4.36. The molecule has 0 amide bonds. The van der Waals surface area contributed by atoms with Crippen molar-refractivity contribution in [1.82, 2.24) is 0 Å². The topological polar surface area (TPSA) is 41.9 Å². The third-order valence-electron chi connectivity index (χ3n) is 3.49. The van der Waals surface area contributed by atoms with Crippen molar-refractivity contribution in [1.29, 1.82) is 0 Å². The van der Waals surface area contributed by atoms with Gasteiger partial charge in [-0.3, -0.25) is 0 Å². The minimum Gasteiger partial charge on any atom is -0.402 e. The lowest BCUT2D eigenvalue weighted by Gasteiger charge is -2.11. The molecule has 1 aliphatic rings. The molecule has 3 rings (SSSR count). The van der Waals surface area contributed by atoms with Gasteiger partial charge in [0.25, 0.3) is 0 Å². The fourth-order valence-electron chi connectivity index (χ4n) is 2.21. The average Bonchev–Trinajstić information content (AvgIpc) is 2.91. The van der Waals surface area contributed by atoms with Crippen molar-refractivity contribution in [2.24, 2.45) is 4.99 Å². The molecule has 0 atom stereocenters. The molecule has 0 bridgehead atoms. The largest absolute Gasteiger partial charge is 0.402 e. The summed E-state index contributed by atoms with van der Waals surface area (Å²) >= 11 is 8.35. The van der Waals surface area contributed by atoms with Gasteiger partial charge in [-0.25, -0.2) is 9.79 Å². The average molecular weight is 453 g/mol. The molecule has 0 N–H and O–H groups in total. The van der Waals surface area contributed by atoms with E-state index < -0.39 is 5.97 Å². The van der Waals surface area contributed by atoms with Crippen LogP contribution in [-0.4, -0.2) is 26.0 Å². The van der Waals surface area contributed by atoms with E-state index in [1.165, 1.54) is 0 Å². The van der Waals surface area contributed by atoms with Crippen LogP contribution in [0.15, 0.2) is 53.2 Å². The molecule has 0 saturated carbocycles.